The molecule has 1 aromatic heterocycles. The molecule has 0 saturated heterocycles. The normalized spacial score (nSPS) is 12.1. The number of hydrogen-bond acceptors (Lipinski definition) is 3. The Hall–Kier alpha value is -2.05. The first-order chi connectivity index (χ1) is 12.2. The van der Waals surface area contributed by atoms with E-state index in [1.54, 1.807) is 7.11 Å². The van der Waals surface area contributed by atoms with Crippen molar-refractivity contribution < 1.29 is 4.74 Å². The fraction of sp³-hybridized carbons (Fsp3) is 0.526. The lowest BCUT2D eigenvalue weighted by Crippen LogP contribution is -2.41. The van der Waals surface area contributed by atoms with Crippen LogP contribution in [0.4, 0.5) is 0 Å². The molecule has 0 radical (unpaired) electrons. The van der Waals surface area contributed by atoms with Crippen LogP contribution in [0.1, 0.15) is 6.42 Å². The first-order valence-electron chi connectivity index (χ1n) is 8.90. The van der Waals surface area contributed by atoms with Crippen LogP contribution in [0.25, 0.3) is 10.9 Å². The third-order valence-corrected chi connectivity index (χ3v) is 4.24. The molecule has 0 unspecified atom stereocenters. The molecule has 2 rings (SSSR count). The number of likely N-dealkylation sites (N-methyl/N-ethyl adjacent to an activating group) is 1. The number of rotatable bonds is 10. The SMILES string of the molecule is CN=C(NCCCn1ccc2ccccc21)NCCN(C)CCOC. The molecule has 0 fully saturated rings. The summed E-state index contributed by atoms with van der Waals surface area (Å²) in [5, 5.41) is 8.03. The van der Waals surface area contributed by atoms with Crippen molar-refractivity contribution in [2.45, 2.75) is 13.0 Å². The number of aromatic nitrogens is 1. The number of aryl methyl sites for hydroxylation is 1. The smallest absolute Gasteiger partial charge is 0.191 e. The van der Waals surface area contributed by atoms with Crippen LogP contribution in [0.3, 0.4) is 0 Å². The molecule has 0 saturated carbocycles. The summed E-state index contributed by atoms with van der Waals surface area (Å²) in [6.45, 7) is 5.41. The Kier molecular flexibility index (Phi) is 8.28. The Morgan fingerprint density at radius 1 is 1.16 bits per heavy atom. The summed E-state index contributed by atoms with van der Waals surface area (Å²) in [5.41, 5.74) is 1.30. The summed E-state index contributed by atoms with van der Waals surface area (Å²) in [5.74, 6) is 0.859. The maximum Gasteiger partial charge on any atom is 0.191 e. The number of para-hydroxylation sites is 1. The maximum absolute atomic E-state index is 5.08. The summed E-state index contributed by atoms with van der Waals surface area (Å²) >= 11 is 0. The lowest BCUT2D eigenvalue weighted by Gasteiger charge is -2.17. The van der Waals surface area contributed by atoms with Crippen molar-refractivity contribution in [1.82, 2.24) is 20.1 Å². The van der Waals surface area contributed by atoms with Crippen molar-refractivity contribution in [3.8, 4) is 0 Å². The first kappa shape index (κ1) is 19.3. The second-order valence-corrected chi connectivity index (χ2v) is 6.14. The average molecular weight is 345 g/mol. The molecular weight excluding hydrogens is 314 g/mol. The number of ether oxygens (including phenoxy) is 1. The van der Waals surface area contributed by atoms with Crippen LogP contribution in [-0.4, -0.2) is 69.4 Å². The van der Waals surface area contributed by atoms with Gasteiger partial charge in [0, 0.05) is 58.6 Å². The van der Waals surface area contributed by atoms with E-state index in [1.165, 1.54) is 10.9 Å². The topological polar surface area (TPSA) is 53.8 Å². The van der Waals surface area contributed by atoms with Crippen LogP contribution >= 0.6 is 0 Å². The first-order valence-corrected chi connectivity index (χ1v) is 8.90. The van der Waals surface area contributed by atoms with E-state index < -0.39 is 0 Å². The molecule has 25 heavy (non-hydrogen) atoms. The molecule has 0 aliphatic heterocycles. The maximum atomic E-state index is 5.08. The fourth-order valence-corrected chi connectivity index (χ4v) is 2.74. The Balaban J connectivity index is 1.64. The van der Waals surface area contributed by atoms with Gasteiger partial charge in [-0.1, -0.05) is 18.2 Å². The van der Waals surface area contributed by atoms with E-state index in [2.05, 4.69) is 68.7 Å². The Labute approximate surface area is 150 Å². The van der Waals surface area contributed by atoms with Crippen molar-refractivity contribution in [3.63, 3.8) is 0 Å². The van der Waals surface area contributed by atoms with E-state index >= 15 is 0 Å². The minimum absolute atomic E-state index is 0.761. The van der Waals surface area contributed by atoms with E-state index in [0.717, 1.165) is 51.7 Å². The molecule has 1 heterocycles. The standard InChI is InChI=1S/C19H31N5O/c1-20-19(22-11-14-23(2)15-16-25-3)21-10-6-12-24-13-9-17-7-4-5-8-18(17)24/h4-5,7-9,13H,6,10-12,14-16H2,1-3H3,(H2,20,21,22). The van der Waals surface area contributed by atoms with Crippen LogP contribution in [0.15, 0.2) is 41.5 Å². The van der Waals surface area contributed by atoms with Crippen molar-refractivity contribution in [2.24, 2.45) is 4.99 Å². The Morgan fingerprint density at radius 2 is 1.96 bits per heavy atom. The van der Waals surface area contributed by atoms with Crippen molar-refractivity contribution in [3.05, 3.63) is 36.5 Å². The van der Waals surface area contributed by atoms with Gasteiger partial charge in [-0.15, -0.1) is 0 Å². The summed E-state index contributed by atoms with van der Waals surface area (Å²) in [6.07, 6.45) is 3.21. The van der Waals surface area contributed by atoms with Gasteiger partial charge in [0.2, 0.25) is 0 Å². The van der Waals surface area contributed by atoms with Gasteiger partial charge in [0.15, 0.2) is 5.96 Å². The largest absolute Gasteiger partial charge is 0.383 e. The monoisotopic (exact) mass is 345 g/mol. The second kappa shape index (κ2) is 10.7. The van der Waals surface area contributed by atoms with Crippen LogP contribution in [0.2, 0.25) is 0 Å². The summed E-state index contributed by atoms with van der Waals surface area (Å²) in [7, 11) is 5.64. The van der Waals surface area contributed by atoms with Gasteiger partial charge in [-0.2, -0.15) is 0 Å². The summed E-state index contributed by atoms with van der Waals surface area (Å²) in [4.78, 5) is 6.51. The average Bonchev–Trinajstić information content (AvgIpc) is 3.05. The van der Waals surface area contributed by atoms with E-state index in [4.69, 9.17) is 4.74 Å². The number of fused-ring (bicyclic) bond motifs is 1. The third-order valence-electron chi connectivity index (χ3n) is 4.24. The molecule has 6 nitrogen and oxygen atoms in total. The molecule has 1 aromatic carbocycles. The van der Waals surface area contributed by atoms with E-state index in [1.807, 2.05) is 7.05 Å². The van der Waals surface area contributed by atoms with Gasteiger partial charge >= 0.3 is 0 Å². The van der Waals surface area contributed by atoms with Gasteiger partial charge in [0.25, 0.3) is 0 Å². The van der Waals surface area contributed by atoms with Crippen molar-refractivity contribution in [2.75, 3.05) is 54.0 Å². The molecule has 0 atom stereocenters. The minimum atomic E-state index is 0.761. The second-order valence-electron chi connectivity index (χ2n) is 6.14. The van der Waals surface area contributed by atoms with Crippen molar-refractivity contribution >= 4 is 16.9 Å². The fourth-order valence-electron chi connectivity index (χ4n) is 2.74. The molecule has 138 valence electrons. The van der Waals surface area contributed by atoms with E-state index in [0.29, 0.717) is 0 Å². The van der Waals surface area contributed by atoms with Crippen LogP contribution in [0, 0.1) is 0 Å². The number of benzene rings is 1. The third kappa shape index (κ3) is 6.40. The highest BCUT2D eigenvalue weighted by atomic mass is 16.5. The Morgan fingerprint density at radius 3 is 2.76 bits per heavy atom. The number of hydrogen-bond donors (Lipinski definition) is 2. The van der Waals surface area contributed by atoms with Gasteiger partial charge in [0.05, 0.1) is 6.61 Å². The van der Waals surface area contributed by atoms with Gasteiger partial charge in [-0.05, 0) is 31.0 Å². The number of methoxy groups -OCH3 is 1. The molecule has 0 amide bonds. The number of nitrogens with one attached hydrogen (secondary N) is 2. The number of guanidine groups is 1. The molecular formula is C19H31N5O. The predicted molar refractivity (Wildman–Crippen MR) is 105 cm³/mol. The van der Waals surface area contributed by atoms with Gasteiger partial charge in [0.1, 0.15) is 0 Å². The lowest BCUT2D eigenvalue weighted by molar-refractivity contribution is 0.162. The molecule has 0 spiro atoms. The van der Waals surface area contributed by atoms with Crippen molar-refractivity contribution in [1.29, 1.82) is 0 Å². The molecule has 0 bridgehead atoms. The molecule has 0 aliphatic carbocycles. The van der Waals surface area contributed by atoms with Crippen LogP contribution < -0.4 is 10.6 Å². The molecule has 0 aliphatic rings. The highest BCUT2D eigenvalue weighted by Crippen LogP contribution is 2.15. The molecule has 6 heteroatoms. The van der Waals surface area contributed by atoms with Crippen LogP contribution in [-0.2, 0) is 11.3 Å². The molecule has 2 N–H and O–H groups in total. The van der Waals surface area contributed by atoms with Crippen LogP contribution in [0.5, 0.6) is 0 Å². The minimum Gasteiger partial charge on any atom is -0.383 e. The van der Waals surface area contributed by atoms with E-state index in [9.17, 15) is 0 Å². The van der Waals surface area contributed by atoms with Gasteiger partial charge < -0.3 is 24.8 Å². The molecule has 2 aromatic rings. The lowest BCUT2D eigenvalue weighted by atomic mass is 10.2. The summed E-state index contributed by atoms with van der Waals surface area (Å²) in [6, 6.07) is 10.7. The van der Waals surface area contributed by atoms with E-state index in [-0.39, 0.29) is 0 Å². The highest BCUT2D eigenvalue weighted by Gasteiger charge is 2.02. The Bertz CT molecular complexity index is 652. The number of aliphatic imine (C=N–C) groups is 1. The highest BCUT2D eigenvalue weighted by molar-refractivity contribution is 5.80. The van der Waals surface area contributed by atoms with Gasteiger partial charge in [-0.3, -0.25) is 4.99 Å². The van der Waals surface area contributed by atoms with Gasteiger partial charge in [-0.25, -0.2) is 0 Å². The zero-order chi connectivity index (χ0) is 17.9. The number of nitrogens with zero attached hydrogens (tertiary/aromatic N) is 3. The summed E-state index contributed by atoms with van der Waals surface area (Å²) < 4.78 is 7.39. The zero-order valence-electron chi connectivity index (χ0n) is 15.7. The quantitative estimate of drug-likeness (QED) is 0.391. The predicted octanol–water partition coefficient (Wildman–Crippen LogP) is 1.77. The zero-order valence-corrected chi connectivity index (χ0v) is 15.7.